The molecule has 0 saturated carbocycles. The number of pyridine rings is 2. The standard InChI is InChI=1S/C31H25FN6O6S/c1-33-31(39)26-18-12-17(20-9-10-23-27(35-20)30-36-21-7-5-6-19(32)28(21)38(30)15-43-23)22(37(2)45(4,40)41)13-24(18)44-29(26)16-8-11-25(42-3)34-14-16/h5-14H,15H2,1-4H3,(H,33,39). The van der Waals surface area contributed by atoms with E-state index in [9.17, 15) is 17.6 Å². The van der Waals surface area contributed by atoms with Crippen LogP contribution in [0.4, 0.5) is 10.1 Å². The van der Waals surface area contributed by atoms with E-state index in [-0.39, 0.29) is 29.3 Å². The number of methoxy groups -OCH3 is 1. The number of rotatable bonds is 6. The number of carbonyl (C=O) groups is 1. The van der Waals surface area contributed by atoms with Crippen molar-refractivity contribution in [2.75, 3.05) is 31.8 Å². The van der Waals surface area contributed by atoms with Crippen molar-refractivity contribution in [1.29, 1.82) is 0 Å². The number of hydrogen-bond donors (Lipinski definition) is 1. The van der Waals surface area contributed by atoms with Crippen LogP contribution in [-0.2, 0) is 16.8 Å². The Balaban J connectivity index is 1.48. The third-order valence-electron chi connectivity index (χ3n) is 7.72. The van der Waals surface area contributed by atoms with Gasteiger partial charge in [-0.05, 0) is 36.4 Å². The Hall–Kier alpha value is -5.50. The number of imidazole rings is 1. The molecule has 0 aliphatic carbocycles. The largest absolute Gasteiger partial charge is 0.481 e. The normalized spacial score (nSPS) is 12.5. The number of amides is 1. The molecule has 1 aliphatic rings. The number of ether oxygens (including phenoxy) is 2. The fourth-order valence-corrected chi connectivity index (χ4v) is 5.93. The van der Waals surface area contributed by atoms with E-state index in [1.54, 1.807) is 53.1 Å². The Morgan fingerprint density at radius 3 is 2.67 bits per heavy atom. The molecule has 1 amide bonds. The first kappa shape index (κ1) is 28.3. The quantitative estimate of drug-likeness (QED) is 0.275. The molecule has 0 saturated heterocycles. The molecule has 12 nitrogen and oxygen atoms in total. The number of carbonyl (C=O) groups excluding carboxylic acids is 1. The van der Waals surface area contributed by atoms with Crippen molar-refractivity contribution in [1.82, 2.24) is 24.8 Å². The molecule has 4 aromatic heterocycles. The maximum Gasteiger partial charge on any atom is 0.255 e. The van der Waals surface area contributed by atoms with Crippen LogP contribution in [0.1, 0.15) is 10.4 Å². The molecule has 228 valence electrons. The summed E-state index contributed by atoms with van der Waals surface area (Å²) in [5.74, 6) is 0.603. The summed E-state index contributed by atoms with van der Waals surface area (Å²) in [5, 5.41) is 3.08. The first-order chi connectivity index (χ1) is 21.6. The number of furan rings is 1. The summed E-state index contributed by atoms with van der Waals surface area (Å²) in [6.07, 6.45) is 2.60. The second kappa shape index (κ2) is 10.3. The zero-order chi connectivity index (χ0) is 31.6. The summed E-state index contributed by atoms with van der Waals surface area (Å²) in [6.45, 7) is 0.0440. The van der Waals surface area contributed by atoms with E-state index in [0.717, 1.165) is 10.6 Å². The van der Waals surface area contributed by atoms with Gasteiger partial charge >= 0.3 is 0 Å². The van der Waals surface area contributed by atoms with Gasteiger partial charge < -0.3 is 19.2 Å². The molecule has 1 aliphatic heterocycles. The predicted molar refractivity (Wildman–Crippen MR) is 165 cm³/mol. The number of benzene rings is 2. The van der Waals surface area contributed by atoms with Gasteiger partial charge in [-0.3, -0.25) is 13.7 Å². The minimum absolute atomic E-state index is 0.0440. The van der Waals surface area contributed by atoms with Gasteiger partial charge in [0.25, 0.3) is 5.91 Å². The molecule has 0 spiro atoms. The van der Waals surface area contributed by atoms with Crippen molar-refractivity contribution in [3.63, 3.8) is 0 Å². The highest BCUT2D eigenvalue weighted by Gasteiger charge is 2.29. The highest BCUT2D eigenvalue weighted by molar-refractivity contribution is 7.92. The monoisotopic (exact) mass is 628 g/mol. The minimum Gasteiger partial charge on any atom is -0.481 e. The zero-order valence-electron chi connectivity index (χ0n) is 24.5. The molecule has 0 radical (unpaired) electrons. The van der Waals surface area contributed by atoms with Crippen LogP contribution in [0.25, 0.3) is 56.1 Å². The summed E-state index contributed by atoms with van der Waals surface area (Å²) < 4.78 is 60.4. The van der Waals surface area contributed by atoms with Crippen LogP contribution in [-0.4, -0.2) is 61.3 Å². The van der Waals surface area contributed by atoms with E-state index in [2.05, 4.69) is 15.3 Å². The van der Waals surface area contributed by atoms with Crippen molar-refractivity contribution < 1.29 is 31.5 Å². The van der Waals surface area contributed by atoms with Crippen molar-refractivity contribution >= 4 is 43.6 Å². The molecule has 0 atom stereocenters. The van der Waals surface area contributed by atoms with Crippen LogP contribution >= 0.6 is 0 Å². The molecule has 7 rings (SSSR count). The number of nitrogens with one attached hydrogen (secondary N) is 1. The Morgan fingerprint density at radius 1 is 1.13 bits per heavy atom. The van der Waals surface area contributed by atoms with Crippen LogP contribution in [0.5, 0.6) is 11.6 Å². The Labute approximate surface area is 256 Å². The van der Waals surface area contributed by atoms with Crippen LogP contribution in [0.15, 0.2) is 65.2 Å². The highest BCUT2D eigenvalue weighted by Crippen LogP contribution is 2.43. The van der Waals surface area contributed by atoms with E-state index in [4.69, 9.17) is 18.9 Å². The molecule has 14 heteroatoms. The molecule has 0 bridgehead atoms. The average molecular weight is 629 g/mol. The summed E-state index contributed by atoms with van der Waals surface area (Å²) in [6, 6.07) is 14.6. The van der Waals surface area contributed by atoms with Gasteiger partial charge in [0.1, 0.15) is 28.4 Å². The summed E-state index contributed by atoms with van der Waals surface area (Å²) in [5.41, 5.74) is 3.11. The molecule has 2 aromatic carbocycles. The molecule has 1 N–H and O–H groups in total. The van der Waals surface area contributed by atoms with Crippen LogP contribution < -0.4 is 19.1 Å². The molecular formula is C31H25FN6O6S. The smallest absolute Gasteiger partial charge is 0.255 e. The van der Waals surface area contributed by atoms with Crippen molar-refractivity contribution in [3.05, 3.63) is 72.2 Å². The fraction of sp³-hybridized carbons (Fsp3) is 0.161. The first-order valence-electron chi connectivity index (χ1n) is 13.6. The first-order valence-corrected chi connectivity index (χ1v) is 15.5. The van der Waals surface area contributed by atoms with Gasteiger partial charge in [0.2, 0.25) is 15.9 Å². The van der Waals surface area contributed by atoms with Crippen molar-refractivity contribution in [2.24, 2.45) is 0 Å². The van der Waals surface area contributed by atoms with Gasteiger partial charge in [-0.1, -0.05) is 6.07 Å². The number of nitrogens with zero attached hydrogens (tertiary/aromatic N) is 5. The van der Waals surface area contributed by atoms with Gasteiger partial charge in [-0.15, -0.1) is 0 Å². The lowest BCUT2D eigenvalue weighted by Crippen LogP contribution is -2.25. The lowest BCUT2D eigenvalue weighted by Gasteiger charge is -2.22. The molecule has 45 heavy (non-hydrogen) atoms. The Bertz CT molecular complexity index is 2280. The molecule has 0 unspecified atom stereocenters. The maximum absolute atomic E-state index is 14.8. The number of para-hydroxylation sites is 1. The second-order valence-electron chi connectivity index (χ2n) is 10.4. The molecule has 6 aromatic rings. The number of halogens is 1. The van der Waals surface area contributed by atoms with E-state index in [1.165, 1.54) is 33.5 Å². The fourth-order valence-electron chi connectivity index (χ4n) is 5.42. The molecule has 5 heterocycles. The molecular weight excluding hydrogens is 603 g/mol. The topological polar surface area (TPSA) is 142 Å². The number of sulfonamides is 1. The summed E-state index contributed by atoms with van der Waals surface area (Å²) >= 11 is 0. The third kappa shape index (κ3) is 4.52. The number of aromatic nitrogens is 4. The summed E-state index contributed by atoms with van der Waals surface area (Å²) in [4.78, 5) is 27.0. The van der Waals surface area contributed by atoms with Gasteiger partial charge in [-0.2, -0.15) is 0 Å². The average Bonchev–Trinajstić information content (AvgIpc) is 3.62. The predicted octanol–water partition coefficient (Wildman–Crippen LogP) is 4.83. The van der Waals surface area contributed by atoms with Crippen LogP contribution in [0, 0.1) is 5.82 Å². The Kier molecular flexibility index (Phi) is 6.47. The van der Waals surface area contributed by atoms with Crippen molar-refractivity contribution in [2.45, 2.75) is 6.73 Å². The second-order valence-corrected chi connectivity index (χ2v) is 12.4. The zero-order valence-corrected chi connectivity index (χ0v) is 25.3. The van der Waals surface area contributed by atoms with Gasteiger partial charge in [-0.25, -0.2) is 27.8 Å². The van der Waals surface area contributed by atoms with Gasteiger partial charge in [0.05, 0.1) is 35.8 Å². The van der Waals surface area contributed by atoms with Gasteiger partial charge in [0, 0.05) is 48.9 Å². The van der Waals surface area contributed by atoms with E-state index in [1.807, 2.05) is 0 Å². The SMILES string of the molecule is CNC(=O)c1c(-c2ccc(OC)nc2)oc2cc(N(C)S(C)(=O)=O)c(-c3ccc4c(n3)-c3nc5cccc(F)c5n3CO4)cc12. The van der Waals surface area contributed by atoms with E-state index >= 15 is 0 Å². The Morgan fingerprint density at radius 2 is 1.96 bits per heavy atom. The third-order valence-corrected chi connectivity index (χ3v) is 8.91. The molecule has 0 fully saturated rings. The van der Waals surface area contributed by atoms with E-state index < -0.39 is 21.7 Å². The van der Waals surface area contributed by atoms with Crippen molar-refractivity contribution in [3.8, 4) is 45.7 Å². The number of anilines is 1. The highest BCUT2D eigenvalue weighted by atomic mass is 32.2. The van der Waals surface area contributed by atoms with Crippen LogP contribution in [0.3, 0.4) is 0 Å². The lowest BCUT2D eigenvalue weighted by molar-refractivity contribution is 0.0964. The number of fused-ring (bicyclic) bond motifs is 6. The maximum atomic E-state index is 14.8. The van der Waals surface area contributed by atoms with Gasteiger partial charge in [0.15, 0.2) is 18.3 Å². The van der Waals surface area contributed by atoms with E-state index in [0.29, 0.717) is 56.4 Å². The van der Waals surface area contributed by atoms with Crippen LogP contribution in [0.2, 0.25) is 0 Å². The number of hydrogen-bond acceptors (Lipinski definition) is 9. The minimum atomic E-state index is -3.75. The lowest BCUT2D eigenvalue weighted by atomic mass is 10.0. The summed E-state index contributed by atoms with van der Waals surface area (Å²) in [7, 11) is 0.667.